The van der Waals surface area contributed by atoms with Crippen LogP contribution in [0.4, 0.5) is 5.69 Å². The smallest absolute Gasteiger partial charge is 0.350 e. The third kappa shape index (κ3) is 4.98. The Morgan fingerprint density at radius 3 is 2.19 bits per heavy atom. The van der Waals surface area contributed by atoms with Crippen LogP contribution in [0.5, 0.6) is 0 Å². The van der Waals surface area contributed by atoms with Crippen LogP contribution in [-0.2, 0) is 29.2 Å². The topological polar surface area (TPSA) is 74.3 Å². The van der Waals surface area contributed by atoms with Crippen molar-refractivity contribution in [3.05, 3.63) is 15.8 Å². The zero-order valence-electron chi connectivity index (χ0n) is 22.3. The predicted molar refractivity (Wildman–Crippen MR) is 139 cm³/mol. The number of amides is 1. The van der Waals surface area contributed by atoms with Gasteiger partial charge in [-0.2, -0.15) is 0 Å². The summed E-state index contributed by atoms with van der Waals surface area (Å²) in [7, 11) is 1.41. The number of thiophene rings is 1. The van der Waals surface area contributed by atoms with E-state index < -0.39 is 5.79 Å². The Morgan fingerprint density at radius 2 is 1.64 bits per heavy atom. The SMILES string of the molecule is COC(=O)c1sc(C(C)(C)C)cc1N(C(=O)[C@H]1CC[C@H](C)CC1)C1CCC2(CC1)O[C@H]1COC[C@H]1O2. The maximum Gasteiger partial charge on any atom is 0.350 e. The van der Waals surface area contributed by atoms with E-state index in [1.807, 2.05) is 4.90 Å². The van der Waals surface area contributed by atoms with Gasteiger partial charge < -0.3 is 23.8 Å². The molecule has 5 rings (SSSR count). The summed E-state index contributed by atoms with van der Waals surface area (Å²) < 4.78 is 23.4. The highest BCUT2D eigenvalue weighted by Crippen LogP contribution is 2.46. The molecule has 200 valence electrons. The van der Waals surface area contributed by atoms with Crippen LogP contribution in [-0.4, -0.2) is 56.2 Å². The molecule has 0 radical (unpaired) electrons. The number of rotatable bonds is 4. The van der Waals surface area contributed by atoms with Gasteiger partial charge in [-0.1, -0.05) is 27.7 Å². The van der Waals surface area contributed by atoms with Crippen LogP contribution in [0.2, 0.25) is 0 Å². The Kier molecular flexibility index (Phi) is 7.27. The minimum Gasteiger partial charge on any atom is -0.465 e. The fraction of sp³-hybridized carbons (Fsp3) is 0.786. The molecule has 0 unspecified atom stereocenters. The Labute approximate surface area is 218 Å². The van der Waals surface area contributed by atoms with Gasteiger partial charge in [-0.3, -0.25) is 4.79 Å². The molecule has 1 aromatic heterocycles. The summed E-state index contributed by atoms with van der Waals surface area (Å²) in [6.45, 7) is 9.86. The van der Waals surface area contributed by atoms with Crippen LogP contribution in [0.1, 0.15) is 93.6 Å². The monoisotopic (exact) mass is 519 g/mol. The second-order valence-corrected chi connectivity index (χ2v) is 13.3. The number of fused-ring (bicyclic) bond motifs is 1. The van der Waals surface area contributed by atoms with Crippen LogP contribution in [0.25, 0.3) is 0 Å². The predicted octanol–water partition coefficient (Wildman–Crippen LogP) is 5.44. The van der Waals surface area contributed by atoms with Gasteiger partial charge in [0.2, 0.25) is 5.91 Å². The third-order valence-electron chi connectivity index (χ3n) is 8.48. The zero-order valence-corrected chi connectivity index (χ0v) is 23.2. The lowest BCUT2D eigenvalue weighted by atomic mass is 9.81. The molecular weight excluding hydrogens is 478 g/mol. The molecule has 3 heterocycles. The van der Waals surface area contributed by atoms with Crippen LogP contribution in [0, 0.1) is 11.8 Å². The quantitative estimate of drug-likeness (QED) is 0.493. The zero-order chi connectivity index (χ0) is 25.7. The largest absolute Gasteiger partial charge is 0.465 e. The maximum atomic E-state index is 14.2. The number of anilines is 1. The van der Waals surface area contributed by atoms with Gasteiger partial charge in [0.25, 0.3) is 0 Å². The van der Waals surface area contributed by atoms with Crippen molar-refractivity contribution in [2.24, 2.45) is 11.8 Å². The maximum absolute atomic E-state index is 14.2. The van der Waals surface area contributed by atoms with Crippen molar-refractivity contribution in [2.45, 2.75) is 109 Å². The van der Waals surface area contributed by atoms with Gasteiger partial charge in [-0.25, -0.2) is 4.79 Å². The van der Waals surface area contributed by atoms with Crippen molar-refractivity contribution < 1.29 is 28.5 Å². The van der Waals surface area contributed by atoms with Crippen LogP contribution < -0.4 is 4.90 Å². The number of methoxy groups -OCH3 is 1. The molecule has 4 aliphatic rings. The van der Waals surface area contributed by atoms with E-state index in [4.69, 9.17) is 18.9 Å². The summed E-state index contributed by atoms with van der Waals surface area (Å²) in [5.74, 6) is -0.124. The summed E-state index contributed by atoms with van der Waals surface area (Å²) in [5.41, 5.74) is 0.586. The van der Waals surface area contributed by atoms with Gasteiger partial charge in [0.1, 0.15) is 17.1 Å². The van der Waals surface area contributed by atoms with Crippen LogP contribution in [0.15, 0.2) is 6.07 Å². The van der Waals surface area contributed by atoms with E-state index in [1.165, 1.54) is 18.4 Å². The molecule has 2 saturated heterocycles. The third-order valence-corrected chi connectivity index (χ3v) is 10.0. The second-order valence-electron chi connectivity index (χ2n) is 12.2. The Balaban J connectivity index is 1.45. The first-order chi connectivity index (χ1) is 17.1. The molecule has 0 bridgehead atoms. The van der Waals surface area contributed by atoms with E-state index in [2.05, 4.69) is 33.8 Å². The van der Waals surface area contributed by atoms with E-state index in [9.17, 15) is 9.59 Å². The molecule has 36 heavy (non-hydrogen) atoms. The highest BCUT2D eigenvalue weighted by atomic mass is 32.1. The van der Waals surface area contributed by atoms with Crippen molar-refractivity contribution in [3.8, 4) is 0 Å². The summed E-state index contributed by atoms with van der Waals surface area (Å²) in [6.07, 6.45) is 7.02. The summed E-state index contributed by atoms with van der Waals surface area (Å²) in [4.78, 5) is 30.7. The molecule has 1 aromatic rings. The first kappa shape index (κ1) is 26.1. The number of hydrogen-bond acceptors (Lipinski definition) is 7. The van der Waals surface area contributed by atoms with Gasteiger partial charge >= 0.3 is 5.97 Å². The van der Waals surface area contributed by atoms with E-state index in [1.54, 1.807) is 0 Å². The van der Waals surface area contributed by atoms with Crippen molar-refractivity contribution in [1.29, 1.82) is 0 Å². The fourth-order valence-electron chi connectivity index (χ4n) is 6.22. The first-order valence-electron chi connectivity index (χ1n) is 13.6. The van der Waals surface area contributed by atoms with Gasteiger partial charge in [-0.15, -0.1) is 11.3 Å². The molecular formula is C28H41NO6S. The molecule has 0 N–H and O–H groups in total. The van der Waals surface area contributed by atoms with Gasteiger partial charge in [0, 0.05) is 29.7 Å². The number of ether oxygens (including phenoxy) is 4. The molecule has 4 fully saturated rings. The van der Waals surface area contributed by atoms with Crippen LogP contribution in [0.3, 0.4) is 0 Å². The normalized spacial score (nSPS) is 34.5. The Hall–Kier alpha value is -1.48. The van der Waals surface area contributed by atoms with E-state index in [-0.39, 0.29) is 41.5 Å². The molecule has 1 spiro atoms. The number of hydrogen-bond donors (Lipinski definition) is 0. The highest BCUT2D eigenvalue weighted by Gasteiger charge is 2.52. The summed E-state index contributed by atoms with van der Waals surface area (Å²) in [5, 5.41) is 0. The lowest BCUT2D eigenvalue weighted by Gasteiger charge is -2.42. The van der Waals surface area contributed by atoms with Crippen molar-refractivity contribution >= 4 is 28.9 Å². The molecule has 8 heteroatoms. The van der Waals surface area contributed by atoms with Gasteiger partial charge in [0.15, 0.2) is 5.79 Å². The minimum absolute atomic E-state index is 0.00260. The highest BCUT2D eigenvalue weighted by molar-refractivity contribution is 7.14. The first-order valence-corrected chi connectivity index (χ1v) is 14.4. The Bertz CT molecular complexity index is 953. The molecule has 2 saturated carbocycles. The van der Waals surface area contributed by atoms with Gasteiger partial charge in [0.05, 0.1) is 26.0 Å². The Morgan fingerprint density at radius 1 is 1.03 bits per heavy atom. The van der Waals surface area contributed by atoms with E-state index >= 15 is 0 Å². The van der Waals surface area contributed by atoms with E-state index in [0.717, 1.165) is 61.9 Å². The summed E-state index contributed by atoms with van der Waals surface area (Å²) in [6, 6.07) is 2.06. The molecule has 2 aliphatic heterocycles. The second kappa shape index (κ2) is 10.0. The number of nitrogens with zero attached hydrogens (tertiary/aromatic N) is 1. The molecule has 7 nitrogen and oxygen atoms in total. The average molecular weight is 520 g/mol. The van der Waals surface area contributed by atoms with Crippen molar-refractivity contribution in [2.75, 3.05) is 25.2 Å². The fourth-order valence-corrected chi connectivity index (χ4v) is 7.34. The number of carbonyl (C=O) groups is 2. The molecule has 2 atom stereocenters. The van der Waals surface area contributed by atoms with E-state index in [0.29, 0.717) is 24.0 Å². The molecule has 1 amide bonds. The standard InChI is InChI=1S/C28H41NO6S/c1-17-6-8-18(9-7-17)25(30)29(20-14-23(27(2,3)4)36-24(20)26(31)32-5)19-10-12-28(13-11-19)34-21-15-33-16-22(21)35-28/h14,17-19,21-22H,6-13,15-16H2,1-5H3/t17-,18-,19?,21-,22+,28?. The molecule has 0 aromatic carbocycles. The lowest BCUT2D eigenvalue weighted by molar-refractivity contribution is -0.209. The van der Waals surface area contributed by atoms with Crippen molar-refractivity contribution in [3.63, 3.8) is 0 Å². The van der Waals surface area contributed by atoms with Gasteiger partial charge in [-0.05, 0) is 55.9 Å². The summed E-state index contributed by atoms with van der Waals surface area (Å²) >= 11 is 1.45. The number of carbonyl (C=O) groups excluding carboxylic acids is 2. The molecule has 2 aliphatic carbocycles. The lowest BCUT2D eigenvalue weighted by Crippen LogP contribution is -2.49. The number of esters is 1. The van der Waals surface area contributed by atoms with Crippen LogP contribution >= 0.6 is 11.3 Å². The average Bonchev–Trinajstić information content (AvgIpc) is 3.54. The van der Waals surface area contributed by atoms with Crippen molar-refractivity contribution in [1.82, 2.24) is 0 Å². The minimum atomic E-state index is -0.568.